The van der Waals surface area contributed by atoms with Crippen LogP contribution >= 0.6 is 23.2 Å². The molecule has 20 heavy (non-hydrogen) atoms. The molecular formula is C12H17Cl2N3O2S. The predicted molar refractivity (Wildman–Crippen MR) is 80.1 cm³/mol. The Balaban J connectivity index is 2.29. The first kappa shape index (κ1) is 16.0. The number of hydrogen-bond donors (Lipinski definition) is 2. The quantitative estimate of drug-likeness (QED) is 0.882. The summed E-state index contributed by atoms with van der Waals surface area (Å²) in [4.78, 5) is 2.57. The van der Waals surface area contributed by atoms with Crippen molar-refractivity contribution in [3.63, 3.8) is 0 Å². The average molecular weight is 338 g/mol. The van der Waals surface area contributed by atoms with Crippen LogP contribution in [0.15, 0.2) is 17.0 Å². The summed E-state index contributed by atoms with van der Waals surface area (Å²) in [6.07, 6.45) is 3.08. The van der Waals surface area contributed by atoms with E-state index in [1.165, 1.54) is 12.1 Å². The molecule has 0 atom stereocenters. The van der Waals surface area contributed by atoms with E-state index in [-0.39, 0.29) is 16.5 Å². The van der Waals surface area contributed by atoms with E-state index in [1.54, 1.807) is 5.01 Å². The Bertz CT molecular complexity index is 587. The third kappa shape index (κ3) is 3.44. The Hall–Kier alpha value is -0.370. The molecule has 1 fully saturated rings. The molecular weight excluding hydrogens is 321 g/mol. The lowest BCUT2D eigenvalue weighted by Gasteiger charge is -2.26. The first-order valence-electron chi connectivity index (χ1n) is 6.40. The summed E-state index contributed by atoms with van der Waals surface area (Å²) >= 11 is 12.1. The molecule has 5 nitrogen and oxygen atoms in total. The minimum atomic E-state index is -3.71. The van der Waals surface area contributed by atoms with E-state index in [0.29, 0.717) is 23.7 Å². The van der Waals surface area contributed by atoms with Crippen molar-refractivity contribution in [2.75, 3.05) is 13.1 Å². The topological polar surface area (TPSA) is 75.4 Å². The highest BCUT2D eigenvalue weighted by Crippen LogP contribution is 2.30. The Morgan fingerprint density at radius 1 is 1.20 bits per heavy atom. The molecule has 0 amide bonds. The van der Waals surface area contributed by atoms with Gasteiger partial charge in [-0.15, -0.1) is 4.83 Å². The number of rotatable bonds is 4. The maximum atomic E-state index is 12.4. The third-order valence-electron chi connectivity index (χ3n) is 3.25. The van der Waals surface area contributed by atoms with Crippen LogP contribution < -0.4 is 10.6 Å². The number of hydrogen-bond acceptors (Lipinski definition) is 4. The van der Waals surface area contributed by atoms with Gasteiger partial charge in [-0.2, -0.15) is 0 Å². The highest BCUT2D eigenvalue weighted by Gasteiger charge is 2.24. The van der Waals surface area contributed by atoms with Gasteiger partial charge in [0, 0.05) is 30.2 Å². The number of benzene rings is 1. The predicted octanol–water partition coefficient (Wildman–Crippen LogP) is 2.13. The van der Waals surface area contributed by atoms with Crippen LogP contribution in [0.3, 0.4) is 0 Å². The van der Waals surface area contributed by atoms with E-state index < -0.39 is 10.0 Å². The molecule has 0 saturated carbocycles. The standard InChI is InChI=1S/C12H17Cl2N3O2S/c13-10-4-5-11(12(14)9(10)8-15)20(18,19)16-17-6-2-1-3-7-17/h4-5,16H,1-3,6-8,15H2. The summed E-state index contributed by atoms with van der Waals surface area (Å²) in [5.74, 6) is 0. The zero-order valence-electron chi connectivity index (χ0n) is 10.9. The highest BCUT2D eigenvalue weighted by molar-refractivity contribution is 7.89. The molecule has 0 radical (unpaired) electrons. The zero-order valence-corrected chi connectivity index (χ0v) is 13.2. The van der Waals surface area contributed by atoms with Crippen LogP contribution in [0.5, 0.6) is 0 Å². The second kappa shape index (κ2) is 6.60. The van der Waals surface area contributed by atoms with Crippen LogP contribution in [0, 0.1) is 0 Å². The fraction of sp³-hybridized carbons (Fsp3) is 0.500. The van der Waals surface area contributed by atoms with Gasteiger partial charge in [-0.1, -0.05) is 29.6 Å². The molecule has 1 aromatic carbocycles. The molecule has 3 N–H and O–H groups in total. The number of nitrogens with two attached hydrogens (primary N) is 1. The van der Waals surface area contributed by atoms with Crippen LogP contribution in [-0.2, 0) is 16.6 Å². The van der Waals surface area contributed by atoms with Crippen LogP contribution in [0.25, 0.3) is 0 Å². The van der Waals surface area contributed by atoms with Gasteiger partial charge < -0.3 is 5.73 Å². The molecule has 0 bridgehead atoms. The van der Waals surface area contributed by atoms with E-state index >= 15 is 0 Å². The first-order valence-corrected chi connectivity index (χ1v) is 8.64. The maximum Gasteiger partial charge on any atom is 0.254 e. The van der Waals surface area contributed by atoms with Crippen molar-refractivity contribution in [1.82, 2.24) is 9.84 Å². The summed E-state index contributed by atoms with van der Waals surface area (Å²) < 4.78 is 24.8. The van der Waals surface area contributed by atoms with Crippen LogP contribution in [0.1, 0.15) is 24.8 Å². The van der Waals surface area contributed by atoms with Crippen molar-refractivity contribution in [2.24, 2.45) is 5.73 Å². The van der Waals surface area contributed by atoms with E-state index in [4.69, 9.17) is 28.9 Å². The molecule has 0 unspecified atom stereocenters. The van der Waals surface area contributed by atoms with Crippen molar-refractivity contribution < 1.29 is 8.42 Å². The Kier molecular flexibility index (Phi) is 5.28. The summed E-state index contributed by atoms with van der Waals surface area (Å²) in [7, 11) is -3.71. The van der Waals surface area contributed by atoms with Crippen LogP contribution in [0.2, 0.25) is 10.0 Å². The van der Waals surface area contributed by atoms with E-state index in [2.05, 4.69) is 4.83 Å². The molecule has 1 aromatic rings. The van der Waals surface area contributed by atoms with Crippen molar-refractivity contribution in [2.45, 2.75) is 30.7 Å². The van der Waals surface area contributed by atoms with Crippen molar-refractivity contribution in [3.8, 4) is 0 Å². The van der Waals surface area contributed by atoms with Gasteiger partial charge in [-0.05, 0) is 25.0 Å². The lowest BCUT2D eigenvalue weighted by molar-refractivity contribution is 0.200. The molecule has 1 saturated heterocycles. The Morgan fingerprint density at radius 2 is 1.85 bits per heavy atom. The Labute approximate surface area is 129 Å². The molecule has 2 rings (SSSR count). The zero-order chi connectivity index (χ0) is 14.8. The fourth-order valence-electron chi connectivity index (χ4n) is 2.18. The molecule has 8 heteroatoms. The van der Waals surface area contributed by atoms with Gasteiger partial charge in [0.1, 0.15) is 4.90 Å². The summed E-state index contributed by atoms with van der Waals surface area (Å²) in [5.41, 5.74) is 5.99. The highest BCUT2D eigenvalue weighted by atomic mass is 35.5. The number of piperidine rings is 1. The van der Waals surface area contributed by atoms with Gasteiger partial charge in [0.25, 0.3) is 10.0 Å². The molecule has 1 aliphatic heterocycles. The molecule has 0 aliphatic carbocycles. The lowest BCUT2D eigenvalue weighted by atomic mass is 10.2. The molecule has 112 valence electrons. The molecule has 0 aromatic heterocycles. The van der Waals surface area contributed by atoms with Gasteiger partial charge in [0.2, 0.25) is 0 Å². The van der Waals surface area contributed by atoms with Gasteiger partial charge in [-0.25, -0.2) is 13.4 Å². The Morgan fingerprint density at radius 3 is 2.45 bits per heavy atom. The van der Waals surface area contributed by atoms with E-state index in [1.807, 2.05) is 0 Å². The normalized spacial score (nSPS) is 17.4. The number of nitrogens with one attached hydrogen (secondary N) is 1. The summed E-state index contributed by atoms with van der Waals surface area (Å²) in [6, 6.07) is 2.90. The molecule has 1 aliphatic rings. The fourth-order valence-corrected chi connectivity index (χ4v) is 4.23. The largest absolute Gasteiger partial charge is 0.326 e. The minimum absolute atomic E-state index is 0.00888. The smallest absolute Gasteiger partial charge is 0.254 e. The van der Waals surface area contributed by atoms with Gasteiger partial charge in [0.05, 0.1) is 5.02 Å². The summed E-state index contributed by atoms with van der Waals surface area (Å²) in [5, 5.41) is 2.16. The molecule has 0 spiro atoms. The number of sulfonamides is 1. The van der Waals surface area contributed by atoms with Gasteiger partial charge in [-0.3, -0.25) is 0 Å². The van der Waals surface area contributed by atoms with Gasteiger partial charge >= 0.3 is 0 Å². The first-order chi connectivity index (χ1) is 9.45. The number of nitrogens with zero attached hydrogens (tertiary/aromatic N) is 1. The number of halogens is 2. The SMILES string of the molecule is NCc1c(Cl)ccc(S(=O)(=O)NN2CCCCC2)c1Cl. The monoisotopic (exact) mass is 337 g/mol. The average Bonchev–Trinajstić information content (AvgIpc) is 2.39. The lowest BCUT2D eigenvalue weighted by Crippen LogP contribution is -2.45. The maximum absolute atomic E-state index is 12.4. The van der Waals surface area contributed by atoms with Crippen molar-refractivity contribution in [1.29, 1.82) is 0 Å². The van der Waals surface area contributed by atoms with E-state index in [0.717, 1.165) is 19.3 Å². The van der Waals surface area contributed by atoms with Crippen LogP contribution in [-0.4, -0.2) is 26.5 Å². The van der Waals surface area contributed by atoms with E-state index in [9.17, 15) is 8.42 Å². The number of hydrazine groups is 1. The third-order valence-corrected chi connectivity index (χ3v) is 5.57. The summed E-state index contributed by atoms with van der Waals surface area (Å²) in [6.45, 7) is 1.49. The minimum Gasteiger partial charge on any atom is -0.326 e. The second-order valence-corrected chi connectivity index (χ2v) is 7.10. The van der Waals surface area contributed by atoms with Crippen molar-refractivity contribution >= 4 is 33.2 Å². The second-order valence-electron chi connectivity index (χ2n) is 4.68. The van der Waals surface area contributed by atoms with Gasteiger partial charge in [0.15, 0.2) is 0 Å². The van der Waals surface area contributed by atoms with Crippen molar-refractivity contribution in [3.05, 3.63) is 27.7 Å². The van der Waals surface area contributed by atoms with Crippen LogP contribution in [0.4, 0.5) is 0 Å². The molecule has 1 heterocycles.